The molecule has 0 radical (unpaired) electrons. The minimum absolute atomic E-state index is 0.221. The molecule has 4 nitrogen and oxygen atoms in total. The molecule has 1 heterocycles. The molecular weight excluding hydrogens is 247 g/mol. The second-order valence-corrected chi connectivity index (χ2v) is 5.05. The van der Waals surface area contributed by atoms with Gasteiger partial charge in [0.1, 0.15) is 23.2 Å². The maximum Gasteiger partial charge on any atom is 0.134 e. The van der Waals surface area contributed by atoms with E-state index in [-0.39, 0.29) is 17.5 Å². The number of fused-ring (bicyclic) bond motifs is 1. The van der Waals surface area contributed by atoms with Gasteiger partial charge in [-0.2, -0.15) is 0 Å². The second-order valence-electron chi connectivity index (χ2n) is 5.05. The standard InChI is InChI=1S/C14H17FN2O2/c1-18-14(5-2-6-14)13(17-16)12-8-9-7-10(15)3-4-11(9)19-12/h3-4,7-8,13,17H,2,5-6,16H2,1H3. The van der Waals surface area contributed by atoms with E-state index in [0.717, 1.165) is 24.6 Å². The quantitative estimate of drug-likeness (QED) is 0.658. The fraction of sp³-hybridized carbons (Fsp3) is 0.429. The van der Waals surface area contributed by atoms with E-state index in [1.165, 1.54) is 12.1 Å². The highest BCUT2D eigenvalue weighted by atomic mass is 19.1. The maximum absolute atomic E-state index is 13.2. The molecule has 1 unspecified atom stereocenters. The van der Waals surface area contributed by atoms with E-state index in [4.69, 9.17) is 15.0 Å². The monoisotopic (exact) mass is 264 g/mol. The summed E-state index contributed by atoms with van der Waals surface area (Å²) in [5, 5.41) is 0.737. The molecule has 1 aromatic carbocycles. The number of benzene rings is 1. The van der Waals surface area contributed by atoms with Crippen molar-refractivity contribution in [1.82, 2.24) is 5.43 Å². The van der Waals surface area contributed by atoms with Crippen LogP contribution in [0.1, 0.15) is 31.1 Å². The Labute approximate surface area is 110 Å². The molecule has 19 heavy (non-hydrogen) atoms. The third-order valence-corrected chi connectivity index (χ3v) is 4.08. The van der Waals surface area contributed by atoms with Gasteiger partial charge in [0.25, 0.3) is 0 Å². The third-order valence-electron chi connectivity index (χ3n) is 4.08. The van der Waals surface area contributed by atoms with Crippen LogP contribution in [0.3, 0.4) is 0 Å². The van der Waals surface area contributed by atoms with Gasteiger partial charge in [-0.05, 0) is 43.5 Å². The smallest absolute Gasteiger partial charge is 0.134 e. The molecule has 3 rings (SSSR count). The van der Waals surface area contributed by atoms with Crippen molar-refractivity contribution in [3.05, 3.63) is 35.8 Å². The molecule has 1 fully saturated rings. The van der Waals surface area contributed by atoms with Crippen molar-refractivity contribution in [2.75, 3.05) is 7.11 Å². The van der Waals surface area contributed by atoms with Crippen LogP contribution in [0, 0.1) is 5.82 Å². The Morgan fingerprint density at radius 1 is 1.42 bits per heavy atom. The number of hydrogen-bond acceptors (Lipinski definition) is 4. The van der Waals surface area contributed by atoms with Crippen LogP contribution in [0.15, 0.2) is 28.7 Å². The van der Waals surface area contributed by atoms with Gasteiger partial charge in [-0.25, -0.2) is 9.82 Å². The minimum atomic E-state index is -0.318. The van der Waals surface area contributed by atoms with Crippen LogP contribution in [0.25, 0.3) is 11.0 Å². The Morgan fingerprint density at radius 2 is 2.21 bits per heavy atom. The van der Waals surface area contributed by atoms with Gasteiger partial charge in [0.15, 0.2) is 0 Å². The van der Waals surface area contributed by atoms with E-state index in [2.05, 4.69) is 5.43 Å². The molecule has 1 aliphatic rings. The summed E-state index contributed by atoms with van der Waals surface area (Å²) in [5.41, 5.74) is 3.11. The van der Waals surface area contributed by atoms with E-state index in [1.54, 1.807) is 13.2 Å². The summed E-state index contributed by atoms with van der Waals surface area (Å²) in [7, 11) is 1.69. The molecule has 0 aliphatic heterocycles. The van der Waals surface area contributed by atoms with Crippen molar-refractivity contribution in [3.8, 4) is 0 Å². The molecule has 1 saturated carbocycles. The largest absolute Gasteiger partial charge is 0.459 e. The predicted octanol–water partition coefficient (Wildman–Crippen LogP) is 2.65. The van der Waals surface area contributed by atoms with E-state index >= 15 is 0 Å². The number of rotatable bonds is 4. The SMILES string of the molecule is COC1(C(NN)c2cc3cc(F)ccc3o2)CCC1. The highest BCUT2D eigenvalue weighted by Crippen LogP contribution is 2.45. The molecule has 0 spiro atoms. The van der Waals surface area contributed by atoms with Crippen molar-refractivity contribution in [1.29, 1.82) is 0 Å². The van der Waals surface area contributed by atoms with Crippen LogP contribution in [-0.2, 0) is 4.74 Å². The number of ether oxygens (including phenoxy) is 1. The van der Waals surface area contributed by atoms with Crippen LogP contribution in [0.5, 0.6) is 0 Å². The van der Waals surface area contributed by atoms with Gasteiger partial charge in [-0.15, -0.1) is 0 Å². The zero-order valence-electron chi connectivity index (χ0n) is 10.8. The number of nitrogens with two attached hydrogens (primary N) is 1. The first-order valence-corrected chi connectivity index (χ1v) is 6.39. The summed E-state index contributed by atoms with van der Waals surface area (Å²) in [6, 6.07) is 6.07. The number of hydrogen-bond donors (Lipinski definition) is 2. The van der Waals surface area contributed by atoms with Crippen LogP contribution in [0.2, 0.25) is 0 Å². The topological polar surface area (TPSA) is 60.4 Å². The van der Waals surface area contributed by atoms with Gasteiger partial charge < -0.3 is 9.15 Å². The number of hydrazine groups is 1. The third kappa shape index (κ3) is 1.94. The Bertz CT molecular complexity index is 587. The van der Waals surface area contributed by atoms with Crippen molar-refractivity contribution < 1.29 is 13.5 Å². The van der Waals surface area contributed by atoms with Crippen molar-refractivity contribution in [3.63, 3.8) is 0 Å². The molecule has 0 saturated heterocycles. The first-order chi connectivity index (χ1) is 9.18. The lowest BCUT2D eigenvalue weighted by molar-refractivity contribution is -0.104. The second kappa shape index (κ2) is 4.59. The molecule has 3 N–H and O–H groups in total. The summed E-state index contributed by atoms with van der Waals surface area (Å²) in [4.78, 5) is 0. The van der Waals surface area contributed by atoms with E-state index in [9.17, 15) is 4.39 Å². The van der Waals surface area contributed by atoms with Gasteiger partial charge in [-0.3, -0.25) is 5.84 Å². The molecule has 1 atom stereocenters. The summed E-state index contributed by atoms with van der Waals surface area (Å²) in [5.74, 6) is 6.07. The Morgan fingerprint density at radius 3 is 2.79 bits per heavy atom. The molecule has 1 aliphatic carbocycles. The molecule has 0 bridgehead atoms. The zero-order chi connectivity index (χ0) is 13.5. The van der Waals surface area contributed by atoms with Gasteiger partial charge in [0.2, 0.25) is 0 Å². The summed E-state index contributed by atoms with van der Waals surface area (Å²) >= 11 is 0. The minimum Gasteiger partial charge on any atom is -0.459 e. The average molecular weight is 264 g/mol. The number of nitrogens with one attached hydrogen (secondary N) is 1. The highest BCUT2D eigenvalue weighted by molar-refractivity contribution is 5.78. The van der Waals surface area contributed by atoms with Crippen LogP contribution in [-0.4, -0.2) is 12.7 Å². The van der Waals surface area contributed by atoms with Gasteiger partial charge >= 0.3 is 0 Å². The predicted molar refractivity (Wildman–Crippen MR) is 69.8 cm³/mol. The lowest BCUT2D eigenvalue weighted by Gasteiger charge is -2.45. The van der Waals surface area contributed by atoms with Crippen LogP contribution >= 0.6 is 0 Å². The Balaban J connectivity index is 2.01. The lowest BCUT2D eigenvalue weighted by atomic mass is 9.74. The molecule has 2 aromatic rings. The lowest BCUT2D eigenvalue weighted by Crippen LogP contribution is -2.52. The normalized spacial score (nSPS) is 19.3. The average Bonchev–Trinajstić information content (AvgIpc) is 2.75. The summed E-state index contributed by atoms with van der Waals surface area (Å²) in [6.45, 7) is 0. The van der Waals surface area contributed by atoms with Crippen molar-refractivity contribution in [2.45, 2.75) is 30.9 Å². The van der Waals surface area contributed by atoms with Gasteiger partial charge in [-0.1, -0.05) is 0 Å². The number of halogens is 1. The summed E-state index contributed by atoms with van der Waals surface area (Å²) in [6.07, 6.45) is 2.98. The van der Waals surface area contributed by atoms with Crippen molar-refractivity contribution >= 4 is 11.0 Å². The molecule has 0 amide bonds. The van der Waals surface area contributed by atoms with E-state index < -0.39 is 0 Å². The van der Waals surface area contributed by atoms with Crippen LogP contribution in [0.4, 0.5) is 4.39 Å². The van der Waals surface area contributed by atoms with E-state index in [1.807, 2.05) is 6.07 Å². The van der Waals surface area contributed by atoms with Crippen LogP contribution < -0.4 is 11.3 Å². The first-order valence-electron chi connectivity index (χ1n) is 6.39. The van der Waals surface area contributed by atoms with Gasteiger partial charge in [0, 0.05) is 12.5 Å². The summed E-state index contributed by atoms with van der Waals surface area (Å²) < 4.78 is 24.6. The number of furan rings is 1. The molecule has 5 heteroatoms. The highest BCUT2D eigenvalue weighted by Gasteiger charge is 2.46. The molecular formula is C14H17FN2O2. The number of methoxy groups -OCH3 is 1. The zero-order valence-corrected chi connectivity index (χ0v) is 10.8. The fourth-order valence-electron chi connectivity index (χ4n) is 2.81. The van der Waals surface area contributed by atoms with E-state index in [0.29, 0.717) is 11.3 Å². The Hall–Kier alpha value is -1.43. The first kappa shape index (κ1) is 12.6. The molecule has 1 aromatic heterocycles. The maximum atomic E-state index is 13.2. The Kier molecular flexibility index (Phi) is 3.05. The fourth-order valence-corrected chi connectivity index (χ4v) is 2.81. The van der Waals surface area contributed by atoms with Gasteiger partial charge in [0.05, 0.1) is 5.60 Å². The molecule has 102 valence electrons. The van der Waals surface area contributed by atoms with Crippen molar-refractivity contribution in [2.24, 2.45) is 5.84 Å².